The fourth-order valence-electron chi connectivity index (χ4n) is 3.14. The molecule has 0 aliphatic carbocycles. The Bertz CT molecular complexity index is 941. The number of rotatable bonds is 6. The van der Waals surface area contributed by atoms with E-state index in [2.05, 4.69) is 116 Å². The third-order valence-electron chi connectivity index (χ3n) is 4.67. The molecule has 0 aliphatic rings. The molecule has 4 rings (SSSR count). The van der Waals surface area contributed by atoms with Gasteiger partial charge in [-0.05, 0) is 59.7 Å². The summed E-state index contributed by atoms with van der Waals surface area (Å²) in [5, 5.41) is 0. The van der Waals surface area contributed by atoms with Crippen LogP contribution in [0.3, 0.4) is 0 Å². The molecule has 0 saturated carbocycles. The predicted octanol–water partition coefficient (Wildman–Crippen LogP) is 8.14. The Hall–Kier alpha value is -2.42. The second kappa shape index (κ2) is 9.18. The van der Waals surface area contributed by atoms with Crippen LogP contribution in [0.2, 0.25) is 0 Å². The summed E-state index contributed by atoms with van der Waals surface area (Å²) in [6.07, 6.45) is 0. The van der Waals surface area contributed by atoms with Gasteiger partial charge < -0.3 is 0 Å². The molecule has 0 aromatic heterocycles. The van der Waals surface area contributed by atoms with Crippen molar-refractivity contribution < 1.29 is 0 Å². The van der Waals surface area contributed by atoms with E-state index in [4.69, 9.17) is 0 Å². The van der Waals surface area contributed by atoms with Crippen LogP contribution in [0.15, 0.2) is 129 Å². The van der Waals surface area contributed by atoms with E-state index in [0.717, 1.165) is 0 Å². The maximum absolute atomic E-state index is 2.32. The first-order valence-corrected chi connectivity index (χ1v) is 11.1. The smallest absolute Gasteiger partial charge is 0.0125 e. The highest BCUT2D eigenvalue weighted by Crippen LogP contribution is 2.34. The summed E-state index contributed by atoms with van der Waals surface area (Å²) in [5.41, 5.74) is 2.70. The average molecular weight is 399 g/mol. The quantitative estimate of drug-likeness (QED) is 0.321. The van der Waals surface area contributed by atoms with Gasteiger partial charge in [0.05, 0.1) is 0 Å². The summed E-state index contributed by atoms with van der Waals surface area (Å²) in [4.78, 5) is 5.11. The lowest BCUT2D eigenvalue weighted by Gasteiger charge is -2.15. The highest BCUT2D eigenvalue weighted by Gasteiger charge is 2.10. The van der Waals surface area contributed by atoms with E-state index in [0.29, 0.717) is 5.92 Å². The molecule has 0 radical (unpaired) electrons. The third kappa shape index (κ3) is 4.89. The lowest BCUT2D eigenvalue weighted by atomic mass is 9.93. The van der Waals surface area contributed by atoms with E-state index < -0.39 is 0 Å². The van der Waals surface area contributed by atoms with Crippen molar-refractivity contribution in [1.82, 2.24) is 0 Å². The maximum Gasteiger partial charge on any atom is 0.0125 e. The average Bonchev–Trinajstić information content (AvgIpc) is 2.75. The zero-order valence-electron chi connectivity index (χ0n) is 15.8. The molecule has 0 bridgehead atoms. The molecule has 0 unspecified atom stereocenters. The molecule has 0 saturated heterocycles. The molecular formula is C26H22S2. The van der Waals surface area contributed by atoms with Crippen LogP contribution < -0.4 is 0 Å². The second-order valence-corrected chi connectivity index (χ2v) is 8.99. The van der Waals surface area contributed by atoms with Crippen LogP contribution in [0.1, 0.15) is 24.0 Å². The van der Waals surface area contributed by atoms with Gasteiger partial charge in [-0.3, -0.25) is 0 Å². The van der Waals surface area contributed by atoms with Gasteiger partial charge in [0.25, 0.3) is 0 Å². The highest BCUT2D eigenvalue weighted by atomic mass is 32.2. The fourth-order valence-corrected chi connectivity index (χ4v) is 4.95. The van der Waals surface area contributed by atoms with Crippen molar-refractivity contribution in [2.75, 3.05) is 0 Å². The lowest BCUT2D eigenvalue weighted by Crippen LogP contribution is -1.96. The van der Waals surface area contributed by atoms with Crippen LogP contribution in [0, 0.1) is 0 Å². The Morgan fingerprint density at radius 2 is 0.857 bits per heavy atom. The molecule has 4 aromatic carbocycles. The van der Waals surface area contributed by atoms with Crippen molar-refractivity contribution >= 4 is 23.5 Å². The van der Waals surface area contributed by atoms with Crippen molar-refractivity contribution in [1.29, 1.82) is 0 Å². The fraction of sp³-hybridized carbons (Fsp3) is 0.0769. The Morgan fingerprint density at radius 3 is 1.29 bits per heavy atom. The topological polar surface area (TPSA) is 0 Å². The van der Waals surface area contributed by atoms with Crippen molar-refractivity contribution in [3.8, 4) is 0 Å². The van der Waals surface area contributed by atoms with E-state index in [1.165, 1.54) is 30.7 Å². The van der Waals surface area contributed by atoms with Gasteiger partial charge in [-0.1, -0.05) is 91.1 Å². The van der Waals surface area contributed by atoms with Crippen molar-refractivity contribution in [3.63, 3.8) is 0 Å². The van der Waals surface area contributed by atoms with Gasteiger partial charge in [0.15, 0.2) is 0 Å². The summed E-state index contributed by atoms with van der Waals surface area (Å²) in [6, 6.07) is 38.9. The molecule has 0 spiro atoms. The summed E-state index contributed by atoms with van der Waals surface area (Å²) in [6.45, 7) is 2.29. The van der Waals surface area contributed by atoms with Crippen LogP contribution in [0.5, 0.6) is 0 Å². The third-order valence-corrected chi connectivity index (χ3v) is 6.67. The van der Waals surface area contributed by atoms with Crippen LogP contribution >= 0.6 is 23.5 Å². The first-order chi connectivity index (χ1) is 13.8. The van der Waals surface area contributed by atoms with Gasteiger partial charge in [0, 0.05) is 25.5 Å². The second-order valence-electron chi connectivity index (χ2n) is 6.70. The minimum absolute atomic E-state index is 0.354. The van der Waals surface area contributed by atoms with E-state index >= 15 is 0 Å². The Balaban J connectivity index is 1.53. The molecule has 0 N–H and O–H groups in total. The summed E-state index contributed by atoms with van der Waals surface area (Å²) >= 11 is 3.63. The van der Waals surface area contributed by atoms with Gasteiger partial charge in [-0.15, -0.1) is 0 Å². The van der Waals surface area contributed by atoms with Crippen molar-refractivity contribution in [2.24, 2.45) is 0 Å². The van der Waals surface area contributed by atoms with E-state index in [1.807, 2.05) is 23.5 Å². The Kier molecular flexibility index (Phi) is 6.20. The molecule has 0 heterocycles. The molecule has 0 fully saturated rings. The van der Waals surface area contributed by atoms with E-state index in [1.54, 1.807) is 0 Å². The van der Waals surface area contributed by atoms with Crippen molar-refractivity contribution in [2.45, 2.75) is 32.4 Å². The monoisotopic (exact) mass is 398 g/mol. The number of hydrogen-bond donors (Lipinski definition) is 0. The van der Waals surface area contributed by atoms with Crippen LogP contribution in [0.4, 0.5) is 0 Å². The first-order valence-electron chi connectivity index (χ1n) is 9.44. The Labute approximate surface area is 176 Å². The van der Waals surface area contributed by atoms with Crippen LogP contribution in [-0.2, 0) is 0 Å². The minimum Gasteiger partial charge on any atom is -0.0901 e. The standard InChI is InChI=1S/C26H22S2/c1-20(21-10-8-16-25(18-21)27-23-12-4-2-5-13-23)22-11-9-17-26(19-22)28-24-14-6-3-7-15-24/h2-20H,1H3. The normalized spacial score (nSPS) is 10.9. The summed E-state index contributed by atoms with van der Waals surface area (Å²) in [5.74, 6) is 0.354. The van der Waals surface area contributed by atoms with E-state index in [-0.39, 0.29) is 0 Å². The molecule has 0 amide bonds. The highest BCUT2D eigenvalue weighted by molar-refractivity contribution is 7.99. The van der Waals surface area contributed by atoms with E-state index in [9.17, 15) is 0 Å². The van der Waals surface area contributed by atoms with Gasteiger partial charge in [-0.25, -0.2) is 0 Å². The minimum atomic E-state index is 0.354. The van der Waals surface area contributed by atoms with Crippen molar-refractivity contribution in [3.05, 3.63) is 120 Å². The summed E-state index contributed by atoms with van der Waals surface area (Å²) < 4.78 is 0. The number of hydrogen-bond acceptors (Lipinski definition) is 2. The first kappa shape index (κ1) is 18.9. The maximum atomic E-state index is 2.32. The van der Waals surface area contributed by atoms with Crippen LogP contribution in [-0.4, -0.2) is 0 Å². The zero-order valence-corrected chi connectivity index (χ0v) is 17.4. The molecule has 0 aliphatic heterocycles. The molecule has 0 atom stereocenters. The van der Waals surface area contributed by atoms with Crippen LogP contribution in [0.25, 0.3) is 0 Å². The molecule has 0 nitrogen and oxygen atoms in total. The van der Waals surface area contributed by atoms with Gasteiger partial charge in [-0.2, -0.15) is 0 Å². The SMILES string of the molecule is CC(c1cccc(Sc2ccccc2)c1)c1cccc(Sc2ccccc2)c1. The molecule has 138 valence electrons. The molecule has 28 heavy (non-hydrogen) atoms. The molecular weight excluding hydrogens is 376 g/mol. The molecule has 4 aromatic rings. The zero-order chi connectivity index (χ0) is 19.2. The largest absolute Gasteiger partial charge is 0.0901 e. The van der Waals surface area contributed by atoms with Gasteiger partial charge in [0.2, 0.25) is 0 Å². The molecule has 2 heteroatoms. The lowest BCUT2D eigenvalue weighted by molar-refractivity contribution is 0.911. The summed E-state index contributed by atoms with van der Waals surface area (Å²) in [7, 11) is 0. The van der Waals surface area contributed by atoms with Gasteiger partial charge >= 0.3 is 0 Å². The Morgan fingerprint density at radius 1 is 0.464 bits per heavy atom. The number of benzene rings is 4. The predicted molar refractivity (Wildman–Crippen MR) is 122 cm³/mol. The van der Waals surface area contributed by atoms with Gasteiger partial charge in [0.1, 0.15) is 0 Å².